The summed E-state index contributed by atoms with van der Waals surface area (Å²) >= 11 is 5.96. The van der Waals surface area contributed by atoms with Crippen molar-refractivity contribution in [3.05, 3.63) is 48.3 Å². The van der Waals surface area contributed by atoms with Crippen LogP contribution < -0.4 is 0 Å². The lowest BCUT2D eigenvalue weighted by molar-refractivity contribution is 0.181. The minimum absolute atomic E-state index is 0.224. The largest absolute Gasteiger partial charge is 0.381 e. The molecular formula is C17H16ClN5O. The van der Waals surface area contributed by atoms with E-state index in [1.54, 1.807) is 18.6 Å². The summed E-state index contributed by atoms with van der Waals surface area (Å²) in [5, 5.41) is 4.99. The lowest BCUT2D eigenvalue weighted by Crippen LogP contribution is -2.11. The molecule has 0 amide bonds. The van der Waals surface area contributed by atoms with E-state index in [2.05, 4.69) is 15.0 Å². The fourth-order valence-corrected chi connectivity index (χ4v) is 3.04. The van der Waals surface area contributed by atoms with Crippen LogP contribution >= 0.6 is 11.6 Å². The van der Waals surface area contributed by atoms with Crippen LogP contribution in [0.4, 0.5) is 0 Å². The summed E-state index contributed by atoms with van der Waals surface area (Å²) < 4.78 is 7.43. The highest BCUT2D eigenvalue weighted by molar-refractivity contribution is 6.28. The van der Waals surface area contributed by atoms with Gasteiger partial charge in [-0.2, -0.15) is 5.10 Å². The third-order valence-corrected chi connectivity index (χ3v) is 4.25. The molecule has 4 rings (SSSR count). The van der Waals surface area contributed by atoms with Crippen LogP contribution in [0.5, 0.6) is 0 Å². The van der Waals surface area contributed by atoms with Gasteiger partial charge in [-0.15, -0.1) is 0 Å². The van der Waals surface area contributed by atoms with Crippen LogP contribution in [0, 0.1) is 5.92 Å². The van der Waals surface area contributed by atoms with Crippen LogP contribution in [0.1, 0.15) is 6.42 Å². The first-order valence-corrected chi connectivity index (χ1v) is 8.22. The summed E-state index contributed by atoms with van der Waals surface area (Å²) in [4.78, 5) is 12.5. The quantitative estimate of drug-likeness (QED) is 0.682. The highest BCUT2D eigenvalue weighted by atomic mass is 35.5. The van der Waals surface area contributed by atoms with E-state index in [1.807, 2.05) is 29.1 Å². The average molecular weight is 342 g/mol. The molecule has 0 N–H and O–H groups in total. The summed E-state index contributed by atoms with van der Waals surface area (Å²) in [5.74, 6) is 0.494. The molecule has 122 valence electrons. The number of halogens is 1. The molecule has 1 atom stereocenters. The van der Waals surface area contributed by atoms with Gasteiger partial charge >= 0.3 is 0 Å². The van der Waals surface area contributed by atoms with Crippen LogP contribution in [-0.4, -0.2) is 37.9 Å². The van der Waals surface area contributed by atoms with E-state index in [-0.39, 0.29) is 5.28 Å². The zero-order chi connectivity index (χ0) is 16.4. The van der Waals surface area contributed by atoms with Crippen molar-refractivity contribution in [1.29, 1.82) is 0 Å². The Bertz CT molecular complexity index is 830. The number of nitrogens with zero attached hydrogens (tertiary/aromatic N) is 5. The minimum atomic E-state index is 0.224. The monoisotopic (exact) mass is 341 g/mol. The Kier molecular flexibility index (Phi) is 4.23. The molecule has 24 heavy (non-hydrogen) atoms. The summed E-state index contributed by atoms with van der Waals surface area (Å²) in [6.07, 6.45) is 8.28. The molecule has 4 heterocycles. The van der Waals surface area contributed by atoms with Gasteiger partial charge in [-0.1, -0.05) is 0 Å². The van der Waals surface area contributed by atoms with Gasteiger partial charge in [0, 0.05) is 55.0 Å². The molecule has 1 saturated heterocycles. The zero-order valence-electron chi connectivity index (χ0n) is 13.0. The maximum absolute atomic E-state index is 5.96. The molecule has 0 radical (unpaired) electrons. The summed E-state index contributed by atoms with van der Waals surface area (Å²) in [7, 11) is 0. The van der Waals surface area contributed by atoms with Gasteiger partial charge in [0.2, 0.25) is 5.28 Å². The second-order valence-corrected chi connectivity index (χ2v) is 6.13. The second-order valence-electron chi connectivity index (χ2n) is 5.80. The first kappa shape index (κ1) is 15.2. The molecular weight excluding hydrogens is 326 g/mol. The van der Waals surface area contributed by atoms with E-state index in [9.17, 15) is 0 Å². The zero-order valence-corrected chi connectivity index (χ0v) is 13.7. The van der Waals surface area contributed by atoms with E-state index in [0.29, 0.717) is 5.92 Å². The normalized spacial score (nSPS) is 17.3. The Morgan fingerprint density at radius 2 is 2.25 bits per heavy atom. The standard InChI is InChI=1S/C17H16ClN5O/c18-17-20-6-3-15(21-17)14-10-23(9-12-4-7-24-11-12)22-16(14)13-2-1-5-19-8-13/h1-3,5-6,8,10,12H,4,7,9,11H2. The fraction of sp³-hybridized carbons (Fsp3) is 0.294. The van der Waals surface area contributed by atoms with Crippen LogP contribution in [-0.2, 0) is 11.3 Å². The predicted molar refractivity (Wildman–Crippen MR) is 90.4 cm³/mol. The molecule has 1 fully saturated rings. The van der Waals surface area contributed by atoms with Crippen molar-refractivity contribution >= 4 is 11.6 Å². The van der Waals surface area contributed by atoms with E-state index >= 15 is 0 Å². The lowest BCUT2D eigenvalue weighted by atomic mass is 10.1. The summed E-state index contributed by atoms with van der Waals surface area (Å²) in [6, 6.07) is 5.73. The molecule has 0 aliphatic carbocycles. The van der Waals surface area contributed by atoms with Gasteiger partial charge in [0.05, 0.1) is 12.3 Å². The van der Waals surface area contributed by atoms with Gasteiger partial charge in [0.25, 0.3) is 0 Å². The molecule has 7 heteroatoms. The molecule has 0 saturated carbocycles. The molecule has 1 unspecified atom stereocenters. The summed E-state index contributed by atoms with van der Waals surface area (Å²) in [6.45, 7) is 2.44. The maximum Gasteiger partial charge on any atom is 0.222 e. The SMILES string of the molecule is Clc1nccc(-c2cn(CC3CCOC3)nc2-c2cccnc2)n1. The average Bonchev–Trinajstić information content (AvgIpc) is 3.26. The molecule has 0 aromatic carbocycles. The van der Waals surface area contributed by atoms with Crippen molar-refractivity contribution in [3.8, 4) is 22.5 Å². The molecule has 1 aliphatic rings. The number of hydrogen-bond acceptors (Lipinski definition) is 5. The van der Waals surface area contributed by atoms with Gasteiger partial charge in [0.15, 0.2) is 0 Å². The van der Waals surface area contributed by atoms with Crippen LogP contribution in [0.25, 0.3) is 22.5 Å². The highest BCUT2D eigenvalue weighted by Gasteiger charge is 2.20. The van der Waals surface area contributed by atoms with E-state index < -0.39 is 0 Å². The number of aromatic nitrogens is 5. The highest BCUT2D eigenvalue weighted by Crippen LogP contribution is 2.30. The first-order chi connectivity index (χ1) is 11.8. The summed E-state index contributed by atoms with van der Waals surface area (Å²) in [5.41, 5.74) is 3.47. The number of rotatable bonds is 4. The van der Waals surface area contributed by atoms with Crippen molar-refractivity contribution in [3.63, 3.8) is 0 Å². The molecule has 6 nitrogen and oxygen atoms in total. The lowest BCUT2D eigenvalue weighted by Gasteiger charge is -2.06. The Hall–Kier alpha value is -2.31. The van der Waals surface area contributed by atoms with Crippen LogP contribution in [0.3, 0.4) is 0 Å². The second kappa shape index (κ2) is 6.67. The predicted octanol–water partition coefficient (Wildman–Crippen LogP) is 3.09. The topological polar surface area (TPSA) is 65.7 Å². The van der Waals surface area contributed by atoms with E-state index in [1.165, 1.54) is 0 Å². The Labute approximate surface area is 144 Å². The van der Waals surface area contributed by atoms with Crippen molar-refractivity contribution in [2.24, 2.45) is 5.92 Å². The van der Waals surface area contributed by atoms with Crippen LogP contribution in [0.15, 0.2) is 43.0 Å². The molecule has 0 bridgehead atoms. The van der Waals surface area contributed by atoms with Gasteiger partial charge in [0.1, 0.15) is 5.69 Å². The van der Waals surface area contributed by atoms with Gasteiger partial charge < -0.3 is 4.74 Å². The third-order valence-electron chi connectivity index (χ3n) is 4.07. The molecule has 0 spiro atoms. The fourth-order valence-electron chi connectivity index (χ4n) is 2.90. The Morgan fingerprint density at radius 3 is 3.00 bits per heavy atom. The Morgan fingerprint density at radius 1 is 1.29 bits per heavy atom. The number of pyridine rings is 1. The van der Waals surface area contributed by atoms with Crippen molar-refractivity contribution in [2.45, 2.75) is 13.0 Å². The van der Waals surface area contributed by atoms with Crippen molar-refractivity contribution in [2.75, 3.05) is 13.2 Å². The Balaban J connectivity index is 1.76. The smallest absolute Gasteiger partial charge is 0.222 e. The van der Waals surface area contributed by atoms with Crippen molar-refractivity contribution in [1.82, 2.24) is 24.7 Å². The number of ether oxygens (including phenoxy) is 1. The minimum Gasteiger partial charge on any atom is -0.381 e. The molecule has 1 aliphatic heterocycles. The van der Waals surface area contributed by atoms with Gasteiger partial charge in [-0.3, -0.25) is 9.67 Å². The maximum atomic E-state index is 5.96. The first-order valence-electron chi connectivity index (χ1n) is 7.84. The van der Waals surface area contributed by atoms with E-state index in [0.717, 1.165) is 48.7 Å². The van der Waals surface area contributed by atoms with Crippen LogP contribution in [0.2, 0.25) is 5.28 Å². The molecule has 3 aromatic heterocycles. The molecule has 3 aromatic rings. The van der Waals surface area contributed by atoms with Crippen molar-refractivity contribution < 1.29 is 4.74 Å². The van der Waals surface area contributed by atoms with Gasteiger partial charge in [-0.05, 0) is 36.2 Å². The third kappa shape index (κ3) is 3.16. The van der Waals surface area contributed by atoms with E-state index in [4.69, 9.17) is 21.4 Å². The van der Waals surface area contributed by atoms with Gasteiger partial charge in [-0.25, -0.2) is 9.97 Å². The number of hydrogen-bond donors (Lipinski definition) is 0.